The molecule has 0 aliphatic heterocycles. The SMILES string of the molecule is CC(=O)OCC(C)CC1=CC2CCC1(C)C2(C)C. The zero-order valence-electron chi connectivity index (χ0n) is 12.4. The summed E-state index contributed by atoms with van der Waals surface area (Å²) in [6.07, 6.45) is 6.24. The van der Waals surface area contributed by atoms with Crippen molar-refractivity contribution < 1.29 is 9.53 Å². The Morgan fingerprint density at radius 1 is 1.50 bits per heavy atom. The van der Waals surface area contributed by atoms with Crippen molar-refractivity contribution in [1.82, 2.24) is 0 Å². The maximum absolute atomic E-state index is 10.8. The summed E-state index contributed by atoms with van der Waals surface area (Å²) in [6, 6.07) is 0. The van der Waals surface area contributed by atoms with Crippen LogP contribution >= 0.6 is 0 Å². The Balaban J connectivity index is 2.00. The van der Waals surface area contributed by atoms with Gasteiger partial charge in [-0.15, -0.1) is 0 Å². The number of esters is 1. The van der Waals surface area contributed by atoms with E-state index in [4.69, 9.17) is 4.74 Å². The van der Waals surface area contributed by atoms with Crippen LogP contribution in [0.2, 0.25) is 0 Å². The van der Waals surface area contributed by atoms with E-state index in [1.54, 1.807) is 5.57 Å². The van der Waals surface area contributed by atoms with Gasteiger partial charge in [-0.3, -0.25) is 4.79 Å². The molecule has 0 saturated heterocycles. The minimum atomic E-state index is -0.171. The molecule has 0 aromatic carbocycles. The fourth-order valence-corrected chi connectivity index (χ4v) is 3.82. The molecular formula is C16H26O2. The van der Waals surface area contributed by atoms with Gasteiger partial charge in [0.15, 0.2) is 0 Å². The molecule has 2 heteroatoms. The molecule has 1 fully saturated rings. The Labute approximate surface area is 111 Å². The molecule has 18 heavy (non-hydrogen) atoms. The van der Waals surface area contributed by atoms with Gasteiger partial charge < -0.3 is 4.74 Å². The number of fused-ring (bicyclic) bond motifs is 2. The Kier molecular flexibility index (Phi) is 3.33. The van der Waals surface area contributed by atoms with Crippen molar-refractivity contribution in [3.63, 3.8) is 0 Å². The third kappa shape index (κ3) is 2.00. The van der Waals surface area contributed by atoms with Gasteiger partial charge in [-0.1, -0.05) is 39.3 Å². The Bertz CT molecular complexity index is 381. The van der Waals surface area contributed by atoms with Gasteiger partial charge in [0.1, 0.15) is 0 Å². The van der Waals surface area contributed by atoms with E-state index in [0.29, 0.717) is 23.4 Å². The second kappa shape index (κ2) is 4.40. The molecule has 1 saturated carbocycles. The lowest BCUT2D eigenvalue weighted by Gasteiger charge is -2.38. The summed E-state index contributed by atoms with van der Waals surface area (Å²) >= 11 is 0. The van der Waals surface area contributed by atoms with E-state index < -0.39 is 0 Å². The van der Waals surface area contributed by atoms with E-state index in [1.807, 2.05) is 0 Å². The molecule has 2 nitrogen and oxygen atoms in total. The first-order valence-corrected chi connectivity index (χ1v) is 7.12. The van der Waals surface area contributed by atoms with Crippen LogP contribution in [-0.2, 0) is 9.53 Å². The van der Waals surface area contributed by atoms with Crippen molar-refractivity contribution in [2.45, 2.75) is 53.9 Å². The summed E-state index contributed by atoms with van der Waals surface area (Å²) in [7, 11) is 0. The van der Waals surface area contributed by atoms with Crippen molar-refractivity contribution in [3.8, 4) is 0 Å². The van der Waals surface area contributed by atoms with E-state index >= 15 is 0 Å². The van der Waals surface area contributed by atoms with Crippen molar-refractivity contribution in [2.24, 2.45) is 22.7 Å². The van der Waals surface area contributed by atoms with Gasteiger partial charge >= 0.3 is 5.97 Å². The number of allylic oxidation sites excluding steroid dienone is 2. The number of ether oxygens (including phenoxy) is 1. The third-order valence-corrected chi connectivity index (χ3v) is 5.56. The quantitative estimate of drug-likeness (QED) is 0.557. The van der Waals surface area contributed by atoms with E-state index in [-0.39, 0.29) is 5.97 Å². The van der Waals surface area contributed by atoms with Gasteiger partial charge in [-0.2, -0.15) is 0 Å². The Hall–Kier alpha value is -0.790. The lowest BCUT2D eigenvalue weighted by Crippen LogP contribution is -2.30. The standard InChI is InChI=1S/C16H26O2/c1-11(10-18-12(2)17)8-14-9-13-6-7-16(14,5)15(13,3)4/h9,11,13H,6-8,10H2,1-5H3. The molecule has 0 heterocycles. The fourth-order valence-electron chi connectivity index (χ4n) is 3.82. The highest BCUT2D eigenvalue weighted by Crippen LogP contribution is 2.65. The van der Waals surface area contributed by atoms with E-state index in [1.165, 1.54) is 19.8 Å². The van der Waals surface area contributed by atoms with Crippen LogP contribution in [0.4, 0.5) is 0 Å². The molecule has 2 bridgehead atoms. The van der Waals surface area contributed by atoms with Crippen LogP contribution in [0, 0.1) is 22.7 Å². The van der Waals surface area contributed by atoms with Gasteiger partial charge in [0.05, 0.1) is 6.61 Å². The summed E-state index contributed by atoms with van der Waals surface area (Å²) in [5, 5.41) is 0. The molecule has 0 amide bonds. The fraction of sp³-hybridized carbons (Fsp3) is 0.812. The highest BCUT2D eigenvalue weighted by molar-refractivity contribution is 5.65. The highest BCUT2D eigenvalue weighted by atomic mass is 16.5. The molecule has 0 N–H and O–H groups in total. The minimum absolute atomic E-state index is 0.171. The zero-order chi connectivity index (χ0) is 13.6. The summed E-state index contributed by atoms with van der Waals surface area (Å²) in [5.74, 6) is 1.00. The largest absolute Gasteiger partial charge is 0.466 e. The van der Waals surface area contributed by atoms with Crippen LogP contribution in [0.25, 0.3) is 0 Å². The van der Waals surface area contributed by atoms with Crippen molar-refractivity contribution in [1.29, 1.82) is 0 Å². The lowest BCUT2D eigenvalue weighted by atomic mass is 9.66. The Morgan fingerprint density at radius 3 is 2.61 bits per heavy atom. The predicted octanol–water partition coefficient (Wildman–Crippen LogP) is 3.96. The van der Waals surface area contributed by atoms with Gasteiger partial charge in [0, 0.05) is 6.92 Å². The van der Waals surface area contributed by atoms with E-state index in [9.17, 15) is 4.79 Å². The van der Waals surface area contributed by atoms with E-state index in [2.05, 4.69) is 33.8 Å². The summed E-state index contributed by atoms with van der Waals surface area (Å²) in [5.41, 5.74) is 2.37. The summed E-state index contributed by atoms with van der Waals surface area (Å²) in [4.78, 5) is 10.8. The summed E-state index contributed by atoms with van der Waals surface area (Å²) < 4.78 is 5.11. The van der Waals surface area contributed by atoms with Crippen LogP contribution in [0.15, 0.2) is 11.6 Å². The van der Waals surface area contributed by atoms with Crippen LogP contribution in [-0.4, -0.2) is 12.6 Å². The van der Waals surface area contributed by atoms with Gasteiger partial charge in [0.25, 0.3) is 0 Å². The molecule has 0 radical (unpaired) electrons. The zero-order valence-corrected chi connectivity index (χ0v) is 12.4. The maximum atomic E-state index is 10.8. The molecule has 0 spiro atoms. The van der Waals surface area contributed by atoms with Crippen molar-refractivity contribution in [2.75, 3.05) is 6.61 Å². The molecule has 0 aromatic heterocycles. The molecule has 2 aliphatic rings. The van der Waals surface area contributed by atoms with Crippen molar-refractivity contribution in [3.05, 3.63) is 11.6 Å². The first-order valence-electron chi connectivity index (χ1n) is 7.12. The van der Waals surface area contributed by atoms with Crippen LogP contribution in [0.1, 0.15) is 53.9 Å². The average Bonchev–Trinajstić information content (AvgIpc) is 2.59. The van der Waals surface area contributed by atoms with Gasteiger partial charge in [0.2, 0.25) is 0 Å². The molecule has 0 aromatic rings. The molecule has 3 unspecified atom stereocenters. The van der Waals surface area contributed by atoms with Gasteiger partial charge in [-0.05, 0) is 41.9 Å². The smallest absolute Gasteiger partial charge is 0.302 e. The van der Waals surface area contributed by atoms with E-state index in [0.717, 1.165) is 12.3 Å². The number of hydrogen-bond acceptors (Lipinski definition) is 2. The highest BCUT2D eigenvalue weighted by Gasteiger charge is 2.56. The second-order valence-electron chi connectivity index (χ2n) is 7.00. The third-order valence-electron chi connectivity index (χ3n) is 5.56. The topological polar surface area (TPSA) is 26.3 Å². The van der Waals surface area contributed by atoms with Gasteiger partial charge in [-0.25, -0.2) is 0 Å². The monoisotopic (exact) mass is 250 g/mol. The molecule has 3 atom stereocenters. The Morgan fingerprint density at radius 2 is 2.17 bits per heavy atom. The second-order valence-corrected chi connectivity index (χ2v) is 7.00. The van der Waals surface area contributed by atoms with Crippen LogP contribution in [0.3, 0.4) is 0 Å². The number of hydrogen-bond donors (Lipinski definition) is 0. The van der Waals surface area contributed by atoms with Crippen LogP contribution < -0.4 is 0 Å². The van der Waals surface area contributed by atoms with Crippen molar-refractivity contribution >= 4 is 5.97 Å². The van der Waals surface area contributed by atoms with Crippen LogP contribution in [0.5, 0.6) is 0 Å². The maximum Gasteiger partial charge on any atom is 0.302 e. The molecular weight excluding hydrogens is 224 g/mol. The lowest BCUT2D eigenvalue weighted by molar-refractivity contribution is -0.142. The summed E-state index contributed by atoms with van der Waals surface area (Å²) in [6.45, 7) is 11.4. The molecule has 2 aliphatic carbocycles. The molecule has 102 valence electrons. The molecule has 2 rings (SSSR count). The first-order chi connectivity index (χ1) is 8.27. The first kappa shape index (κ1) is 13.6. The predicted molar refractivity (Wildman–Crippen MR) is 73.1 cm³/mol. The normalized spacial score (nSPS) is 34.3. The number of rotatable bonds is 4. The number of carbonyl (C=O) groups excluding carboxylic acids is 1. The number of carbonyl (C=O) groups is 1. The average molecular weight is 250 g/mol. The minimum Gasteiger partial charge on any atom is -0.466 e.